The van der Waals surface area contributed by atoms with E-state index in [1.165, 1.54) is 30.7 Å². The van der Waals surface area contributed by atoms with Gasteiger partial charge < -0.3 is 9.72 Å². The zero-order valence-electron chi connectivity index (χ0n) is 11.0. The van der Waals surface area contributed by atoms with Gasteiger partial charge in [0, 0.05) is 0 Å². The molecule has 0 aliphatic carbocycles. The van der Waals surface area contributed by atoms with Crippen molar-refractivity contribution in [2.45, 2.75) is 12.9 Å². The van der Waals surface area contributed by atoms with E-state index < -0.39 is 11.9 Å². The molecule has 0 saturated carbocycles. The van der Waals surface area contributed by atoms with Crippen molar-refractivity contribution < 1.29 is 17.9 Å². The Morgan fingerprint density at radius 1 is 1.32 bits per heavy atom. The number of nitrogens with zero attached hydrogens (tertiary/aromatic N) is 3. The minimum Gasteiger partial charge on any atom is -0.406 e. The van der Waals surface area contributed by atoms with Gasteiger partial charge in [0.05, 0.1) is 24.6 Å². The summed E-state index contributed by atoms with van der Waals surface area (Å²) in [5.41, 5.74) is 0.736. The Labute approximate surface area is 121 Å². The van der Waals surface area contributed by atoms with E-state index in [1.807, 2.05) is 0 Å². The van der Waals surface area contributed by atoms with E-state index in [0.717, 1.165) is 4.68 Å². The van der Waals surface area contributed by atoms with Gasteiger partial charge in [0.15, 0.2) is 5.52 Å². The molecule has 114 valence electrons. The maximum atomic E-state index is 12.2. The summed E-state index contributed by atoms with van der Waals surface area (Å²) in [6.45, 7) is 0.0106. The summed E-state index contributed by atoms with van der Waals surface area (Å²) in [5.74, 6) is -0.348. The summed E-state index contributed by atoms with van der Waals surface area (Å²) in [6.07, 6.45) is -1.96. The SMILES string of the molecule is O=c1c2nc[nH]c2cnn1Cc1cccc(OC(F)(F)F)c1. The summed E-state index contributed by atoms with van der Waals surface area (Å²) >= 11 is 0. The number of ether oxygens (including phenoxy) is 1. The molecule has 9 heteroatoms. The van der Waals surface area contributed by atoms with Crippen molar-refractivity contribution in [2.24, 2.45) is 0 Å². The highest BCUT2D eigenvalue weighted by atomic mass is 19.4. The van der Waals surface area contributed by atoms with Crippen LogP contribution in [0.5, 0.6) is 5.75 Å². The number of aromatic amines is 1. The molecule has 6 nitrogen and oxygen atoms in total. The quantitative estimate of drug-likeness (QED) is 0.804. The lowest BCUT2D eigenvalue weighted by molar-refractivity contribution is -0.274. The Morgan fingerprint density at radius 2 is 2.14 bits per heavy atom. The summed E-state index contributed by atoms with van der Waals surface area (Å²) < 4.78 is 41.6. The topological polar surface area (TPSA) is 72.8 Å². The molecular weight excluding hydrogens is 301 g/mol. The van der Waals surface area contributed by atoms with E-state index in [1.54, 1.807) is 6.07 Å². The molecular formula is C13H9F3N4O2. The fourth-order valence-electron chi connectivity index (χ4n) is 2.00. The average Bonchev–Trinajstić information content (AvgIpc) is 2.90. The Hall–Kier alpha value is -2.84. The predicted octanol–water partition coefficient (Wildman–Crippen LogP) is 2.07. The zero-order chi connectivity index (χ0) is 15.7. The molecule has 0 atom stereocenters. The molecule has 0 radical (unpaired) electrons. The largest absolute Gasteiger partial charge is 0.573 e. The number of benzene rings is 1. The van der Waals surface area contributed by atoms with E-state index in [0.29, 0.717) is 11.1 Å². The summed E-state index contributed by atoms with van der Waals surface area (Å²) in [7, 11) is 0. The van der Waals surface area contributed by atoms with Crippen LogP contribution in [0.4, 0.5) is 13.2 Å². The van der Waals surface area contributed by atoms with Crippen LogP contribution in [0, 0.1) is 0 Å². The van der Waals surface area contributed by atoms with Crippen molar-refractivity contribution in [3.05, 3.63) is 52.7 Å². The Balaban J connectivity index is 1.90. The molecule has 2 aromatic heterocycles. The number of H-pyrrole nitrogens is 1. The highest BCUT2D eigenvalue weighted by molar-refractivity contribution is 5.71. The van der Waals surface area contributed by atoms with E-state index in [9.17, 15) is 18.0 Å². The number of aromatic nitrogens is 4. The molecule has 0 bridgehead atoms. The van der Waals surface area contributed by atoms with Gasteiger partial charge in [-0.05, 0) is 17.7 Å². The molecule has 0 saturated heterocycles. The minimum atomic E-state index is -4.76. The monoisotopic (exact) mass is 310 g/mol. The fourth-order valence-corrected chi connectivity index (χ4v) is 2.00. The number of rotatable bonds is 3. The lowest BCUT2D eigenvalue weighted by Crippen LogP contribution is -2.23. The third-order valence-corrected chi connectivity index (χ3v) is 2.90. The van der Waals surface area contributed by atoms with Crippen molar-refractivity contribution >= 4 is 11.0 Å². The smallest absolute Gasteiger partial charge is 0.406 e. The first-order chi connectivity index (χ1) is 10.4. The van der Waals surface area contributed by atoms with Crippen molar-refractivity contribution in [3.8, 4) is 5.75 Å². The molecule has 0 amide bonds. The second kappa shape index (κ2) is 5.17. The third-order valence-electron chi connectivity index (χ3n) is 2.90. The number of imidazole rings is 1. The number of fused-ring (bicyclic) bond motifs is 1. The lowest BCUT2D eigenvalue weighted by atomic mass is 10.2. The summed E-state index contributed by atoms with van der Waals surface area (Å²) in [4.78, 5) is 18.8. The summed E-state index contributed by atoms with van der Waals surface area (Å²) in [5, 5.41) is 3.95. The molecule has 1 aromatic carbocycles. The Morgan fingerprint density at radius 3 is 2.91 bits per heavy atom. The number of hydrogen-bond acceptors (Lipinski definition) is 4. The highest BCUT2D eigenvalue weighted by Gasteiger charge is 2.31. The van der Waals surface area contributed by atoms with Gasteiger partial charge in [-0.2, -0.15) is 5.10 Å². The van der Waals surface area contributed by atoms with Crippen LogP contribution >= 0.6 is 0 Å². The maximum Gasteiger partial charge on any atom is 0.573 e. The molecule has 2 heterocycles. The molecule has 0 aliphatic rings. The van der Waals surface area contributed by atoms with Gasteiger partial charge in [-0.15, -0.1) is 13.2 Å². The molecule has 3 aromatic rings. The van der Waals surface area contributed by atoms with Gasteiger partial charge in [0.1, 0.15) is 5.75 Å². The first kappa shape index (κ1) is 14.1. The van der Waals surface area contributed by atoms with E-state index >= 15 is 0 Å². The standard InChI is InChI=1S/C13H9F3N4O2/c14-13(15,16)22-9-3-1-2-8(4-9)6-20-12(21)11-10(5-19-20)17-7-18-11/h1-5,7H,6H2,(H,17,18). The van der Waals surface area contributed by atoms with Crippen LogP contribution < -0.4 is 10.3 Å². The number of alkyl halides is 3. The van der Waals surface area contributed by atoms with Gasteiger partial charge in [0.25, 0.3) is 5.56 Å². The second-order valence-corrected chi connectivity index (χ2v) is 4.47. The first-order valence-electron chi connectivity index (χ1n) is 6.16. The average molecular weight is 310 g/mol. The fraction of sp³-hybridized carbons (Fsp3) is 0.154. The van der Waals surface area contributed by atoms with Crippen molar-refractivity contribution in [2.75, 3.05) is 0 Å². The lowest BCUT2D eigenvalue weighted by Gasteiger charge is -2.10. The summed E-state index contributed by atoms with van der Waals surface area (Å²) in [6, 6.07) is 5.38. The normalized spacial score (nSPS) is 11.8. The second-order valence-electron chi connectivity index (χ2n) is 4.47. The number of halogens is 3. The Bertz CT molecular complexity index is 869. The highest BCUT2D eigenvalue weighted by Crippen LogP contribution is 2.23. The van der Waals surface area contributed by atoms with Crippen LogP contribution in [-0.2, 0) is 6.54 Å². The van der Waals surface area contributed by atoms with Gasteiger partial charge >= 0.3 is 6.36 Å². The Kier molecular flexibility index (Phi) is 3.32. The van der Waals surface area contributed by atoms with E-state index in [2.05, 4.69) is 19.8 Å². The van der Waals surface area contributed by atoms with E-state index in [-0.39, 0.29) is 17.8 Å². The van der Waals surface area contributed by atoms with Crippen molar-refractivity contribution in [1.82, 2.24) is 19.7 Å². The van der Waals surface area contributed by atoms with Crippen LogP contribution in [0.15, 0.2) is 41.6 Å². The van der Waals surface area contributed by atoms with Crippen molar-refractivity contribution in [1.29, 1.82) is 0 Å². The molecule has 0 unspecified atom stereocenters. The minimum absolute atomic E-state index is 0.0106. The number of nitrogens with one attached hydrogen (secondary N) is 1. The van der Waals surface area contributed by atoms with Gasteiger partial charge in [-0.25, -0.2) is 9.67 Å². The van der Waals surface area contributed by atoms with Gasteiger partial charge in [-0.1, -0.05) is 12.1 Å². The van der Waals surface area contributed by atoms with Crippen LogP contribution in [0.25, 0.3) is 11.0 Å². The van der Waals surface area contributed by atoms with Crippen LogP contribution in [0.2, 0.25) is 0 Å². The number of hydrogen-bond donors (Lipinski definition) is 1. The first-order valence-corrected chi connectivity index (χ1v) is 6.16. The van der Waals surface area contributed by atoms with Crippen LogP contribution in [-0.4, -0.2) is 26.1 Å². The van der Waals surface area contributed by atoms with Gasteiger partial charge in [-0.3, -0.25) is 4.79 Å². The van der Waals surface area contributed by atoms with Crippen LogP contribution in [0.1, 0.15) is 5.56 Å². The molecule has 1 N–H and O–H groups in total. The predicted molar refractivity (Wildman–Crippen MR) is 70.4 cm³/mol. The van der Waals surface area contributed by atoms with Crippen molar-refractivity contribution in [3.63, 3.8) is 0 Å². The van der Waals surface area contributed by atoms with Gasteiger partial charge in [0.2, 0.25) is 0 Å². The van der Waals surface area contributed by atoms with E-state index in [4.69, 9.17) is 0 Å². The third kappa shape index (κ3) is 2.92. The van der Waals surface area contributed by atoms with Crippen LogP contribution in [0.3, 0.4) is 0 Å². The maximum absolute atomic E-state index is 12.2. The molecule has 0 fully saturated rings. The molecule has 22 heavy (non-hydrogen) atoms. The molecule has 0 spiro atoms. The molecule has 0 aliphatic heterocycles. The zero-order valence-corrected chi connectivity index (χ0v) is 11.0. The molecule has 3 rings (SSSR count).